The summed E-state index contributed by atoms with van der Waals surface area (Å²) in [5, 5.41) is 5.59. The van der Waals surface area contributed by atoms with E-state index < -0.39 is 9.84 Å². The summed E-state index contributed by atoms with van der Waals surface area (Å²) in [5.41, 5.74) is 1.06. The topological polar surface area (TPSA) is 117 Å². The molecule has 0 spiro atoms. The molecule has 188 valence electrons. The standard InChI is InChI=1S/C24H30N4O6S/c29-23(17-27-9-13-33-14-10-27)25-19-1-5-21(6-2-19)35(31,32)22-7-3-20(4-8-22)26-24(30)18-28-11-15-34-16-12-28/h1-8H,9-18H2,(H,25,29)(H,26,30). The van der Waals surface area contributed by atoms with E-state index >= 15 is 0 Å². The van der Waals surface area contributed by atoms with Gasteiger partial charge in [0.05, 0.1) is 49.3 Å². The Kier molecular flexibility index (Phi) is 8.47. The SMILES string of the molecule is O=C(CN1CCOCC1)Nc1ccc(S(=O)(=O)c2ccc(NC(=O)CN3CCOCC3)cc2)cc1. The lowest BCUT2D eigenvalue weighted by atomic mass is 10.3. The van der Waals surface area contributed by atoms with Crippen LogP contribution in [-0.4, -0.2) is 95.7 Å². The first-order chi connectivity index (χ1) is 16.9. The lowest BCUT2D eigenvalue weighted by Crippen LogP contribution is -2.41. The van der Waals surface area contributed by atoms with Gasteiger partial charge in [-0.2, -0.15) is 0 Å². The van der Waals surface area contributed by atoms with Gasteiger partial charge in [0.15, 0.2) is 0 Å². The highest BCUT2D eigenvalue weighted by Gasteiger charge is 2.19. The zero-order valence-corrected chi connectivity index (χ0v) is 20.3. The lowest BCUT2D eigenvalue weighted by molar-refractivity contribution is -0.119. The second-order valence-corrected chi connectivity index (χ2v) is 10.4. The fourth-order valence-electron chi connectivity index (χ4n) is 3.90. The Balaban J connectivity index is 1.32. The average molecular weight is 503 g/mol. The molecule has 2 saturated heterocycles. The number of rotatable bonds is 8. The fraction of sp³-hybridized carbons (Fsp3) is 0.417. The predicted molar refractivity (Wildman–Crippen MR) is 130 cm³/mol. The molecule has 0 aliphatic carbocycles. The summed E-state index contributed by atoms with van der Waals surface area (Å²) in [6, 6.07) is 12.2. The zero-order valence-electron chi connectivity index (χ0n) is 19.4. The van der Waals surface area contributed by atoms with Crippen molar-refractivity contribution in [2.75, 3.05) is 76.3 Å². The zero-order chi connectivity index (χ0) is 24.7. The van der Waals surface area contributed by atoms with Crippen molar-refractivity contribution in [1.29, 1.82) is 0 Å². The van der Waals surface area contributed by atoms with Crippen LogP contribution in [0, 0.1) is 0 Å². The quantitative estimate of drug-likeness (QED) is 0.551. The molecule has 0 saturated carbocycles. The van der Waals surface area contributed by atoms with Crippen LogP contribution in [0.15, 0.2) is 58.3 Å². The fourth-order valence-corrected chi connectivity index (χ4v) is 5.16. The highest BCUT2D eigenvalue weighted by atomic mass is 32.2. The number of sulfone groups is 1. The van der Waals surface area contributed by atoms with E-state index in [1.165, 1.54) is 24.3 Å². The van der Waals surface area contributed by atoms with E-state index in [2.05, 4.69) is 10.6 Å². The highest BCUT2D eigenvalue weighted by molar-refractivity contribution is 7.91. The molecule has 0 radical (unpaired) electrons. The average Bonchev–Trinajstić information content (AvgIpc) is 2.86. The molecular formula is C24H30N4O6S. The van der Waals surface area contributed by atoms with Crippen molar-refractivity contribution in [3.05, 3.63) is 48.5 Å². The van der Waals surface area contributed by atoms with Crippen LogP contribution >= 0.6 is 0 Å². The molecule has 0 aromatic heterocycles. The van der Waals surface area contributed by atoms with Gasteiger partial charge < -0.3 is 20.1 Å². The maximum atomic E-state index is 13.0. The third kappa shape index (κ3) is 7.09. The first kappa shape index (κ1) is 25.3. The van der Waals surface area contributed by atoms with Crippen LogP contribution in [0.4, 0.5) is 11.4 Å². The van der Waals surface area contributed by atoms with E-state index in [0.29, 0.717) is 64.0 Å². The summed E-state index contributed by atoms with van der Waals surface area (Å²) in [6.07, 6.45) is 0. The van der Waals surface area contributed by atoms with Gasteiger partial charge in [-0.25, -0.2) is 8.42 Å². The first-order valence-corrected chi connectivity index (χ1v) is 13.0. The molecule has 0 unspecified atom stereocenters. The molecule has 10 nitrogen and oxygen atoms in total. The van der Waals surface area contributed by atoms with E-state index in [9.17, 15) is 18.0 Å². The number of nitrogens with one attached hydrogen (secondary N) is 2. The van der Waals surface area contributed by atoms with Crippen molar-refractivity contribution in [3.63, 3.8) is 0 Å². The van der Waals surface area contributed by atoms with E-state index in [-0.39, 0.29) is 34.7 Å². The minimum absolute atomic E-state index is 0.118. The minimum Gasteiger partial charge on any atom is -0.379 e. The number of hydrogen-bond acceptors (Lipinski definition) is 8. The van der Waals surface area contributed by atoms with Gasteiger partial charge in [0.25, 0.3) is 0 Å². The number of nitrogens with zero attached hydrogens (tertiary/aromatic N) is 2. The molecule has 2 heterocycles. The number of amides is 2. The van der Waals surface area contributed by atoms with Crippen LogP contribution in [0.2, 0.25) is 0 Å². The first-order valence-electron chi connectivity index (χ1n) is 11.6. The van der Waals surface area contributed by atoms with Gasteiger partial charge in [0.2, 0.25) is 21.7 Å². The molecule has 2 fully saturated rings. The summed E-state index contributed by atoms with van der Waals surface area (Å²) in [6.45, 7) is 5.81. The summed E-state index contributed by atoms with van der Waals surface area (Å²) >= 11 is 0. The molecule has 11 heteroatoms. The van der Waals surface area contributed by atoms with Crippen molar-refractivity contribution in [1.82, 2.24) is 9.80 Å². The van der Waals surface area contributed by atoms with Crippen molar-refractivity contribution in [2.24, 2.45) is 0 Å². The number of carbonyl (C=O) groups excluding carboxylic acids is 2. The molecule has 2 aromatic carbocycles. The number of carbonyl (C=O) groups is 2. The molecule has 2 aliphatic heterocycles. The number of hydrogen-bond donors (Lipinski definition) is 2. The second-order valence-electron chi connectivity index (χ2n) is 8.43. The van der Waals surface area contributed by atoms with Crippen LogP contribution in [-0.2, 0) is 28.9 Å². The Hall–Kier alpha value is -2.83. The molecule has 0 bridgehead atoms. The Morgan fingerprint density at radius 2 is 1.00 bits per heavy atom. The van der Waals surface area contributed by atoms with Gasteiger partial charge in [-0.3, -0.25) is 19.4 Å². The van der Waals surface area contributed by atoms with E-state index in [4.69, 9.17) is 9.47 Å². The maximum absolute atomic E-state index is 13.0. The molecule has 2 aliphatic rings. The van der Waals surface area contributed by atoms with E-state index in [0.717, 1.165) is 0 Å². The van der Waals surface area contributed by atoms with Gasteiger partial charge in [-0.1, -0.05) is 0 Å². The lowest BCUT2D eigenvalue weighted by Gasteiger charge is -2.25. The van der Waals surface area contributed by atoms with Gasteiger partial charge in [-0.05, 0) is 48.5 Å². The monoisotopic (exact) mass is 502 g/mol. The maximum Gasteiger partial charge on any atom is 0.238 e. The van der Waals surface area contributed by atoms with Crippen LogP contribution in [0.25, 0.3) is 0 Å². The van der Waals surface area contributed by atoms with Gasteiger partial charge in [0.1, 0.15) is 0 Å². The van der Waals surface area contributed by atoms with Crippen molar-refractivity contribution in [2.45, 2.75) is 9.79 Å². The Labute approximate surface area is 205 Å². The van der Waals surface area contributed by atoms with Crippen LogP contribution in [0.5, 0.6) is 0 Å². The van der Waals surface area contributed by atoms with Gasteiger partial charge in [-0.15, -0.1) is 0 Å². The molecule has 0 atom stereocenters. The minimum atomic E-state index is -3.74. The Morgan fingerprint density at radius 1 is 0.657 bits per heavy atom. The summed E-state index contributed by atoms with van der Waals surface area (Å²) in [7, 11) is -3.74. The highest BCUT2D eigenvalue weighted by Crippen LogP contribution is 2.24. The van der Waals surface area contributed by atoms with Crippen LogP contribution in [0.1, 0.15) is 0 Å². The predicted octanol–water partition coefficient (Wildman–Crippen LogP) is 1.06. The van der Waals surface area contributed by atoms with Crippen molar-refractivity contribution < 1.29 is 27.5 Å². The number of anilines is 2. The molecule has 35 heavy (non-hydrogen) atoms. The van der Waals surface area contributed by atoms with Gasteiger partial charge >= 0.3 is 0 Å². The number of benzene rings is 2. The third-order valence-electron chi connectivity index (χ3n) is 5.84. The Morgan fingerprint density at radius 3 is 1.34 bits per heavy atom. The summed E-state index contributed by atoms with van der Waals surface area (Å²) < 4.78 is 36.6. The van der Waals surface area contributed by atoms with Crippen LogP contribution < -0.4 is 10.6 Å². The number of morpholine rings is 2. The summed E-state index contributed by atoms with van der Waals surface area (Å²) in [5.74, 6) is -0.317. The number of ether oxygens (including phenoxy) is 2. The third-order valence-corrected chi connectivity index (χ3v) is 7.62. The largest absolute Gasteiger partial charge is 0.379 e. The normalized spacial score (nSPS) is 17.6. The smallest absolute Gasteiger partial charge is 0.238 e. The second kappa shape index (κ2) is 11.7. The van der Waals surface area contributed by atoms with Gasteiger partial charge in [0, 0.05) is 37.6 Å². The molecule has 4 rings (SSSR count). The van der Waals surface area contributed by atoms with Crippen molar-refractivity contribution in [3.8, 4) is 0 Å². The molecular weight excluding hydrogens is 472 g/mol. The van der Waals surface area contributed by atoms with E-state index in [1.54, 1.807) is 24.3 Å². The van der Waals surface area contributed by atoms with Crippen LogP contribution in [0.3, 0.4) is 0 Å². The molecule has 2 amide bonds. The van der Waals surface area contributed by atoms with Crippen molar-refractivity contribution >= 4 is 33.0 Å². The Bertz CT molecular complexity index is 1030. The van der Waals surface area contributed by atoms with E-state index in [1.807, 2.05) is 9.80 Å². The molecule has 2 N–H and O–H groups in total. The summed E-state index contributed by atoms with van der Waals surface area (Å²) in [4.78, 5) is 28.8. The molecule has 2 aromatic rings.